The van der Waals surface area contributed by atoms with E-state index in [1.54, 1.807) is 24.3 Å². The number of carbonyl (C=O) groups is 2. The van der Waals surface area contributed by atoms with E-state index in [4.69, 9.17) is 9.15 Å². The lowest BCUT2D eigenvalue weighted by molar-refractivity contribution is -0.122. The van der Waals surface area contributed by atoms with Crippen LogP contribution >= 0.6 is 0 Å². The Balaban J connectivity index is 1.37. The van der Waals surface area contributed by atoms with Gasteiger partial charge in [-0.05, 0) is 74.0 Å². The van der Waals surface area contributed by atoms with Gasteiger partial charge < -0.3 is 24.3 Å². The maximum atomic E-state index is 13.7. The fraction of sp³-hybridized carbons (Fsp3) is 0.448. The van der Waals surface area contributed by atoms with Crippen molar-refractivity contribution >= 4 is 36.2 Å². The topological polar surface area (TPSA) is 120 Å². The fourth-order valence-electron chi connectivity index (χ4n) is 6.32. The van der Waals surface area contributed by atoms with E-state index < -0.39 is 19.0 Å². The number of benzene rings is 1. The average Bonchev–Trinajstić information content (AvgIpc) is 3.60. The van der Waals surface area contributed by atoms with E-state index in [0.29, 0.717) is 30.2 Å². The Morgan fingerprint density at radius 3 is 2.68 bits per heavy atom. The summed E-state index contributed by atoms with van der Waals surface area (Å²) in [4.78, 5) is 28.5. The SMILES string of the molecule is CCCC1=C2[C@@H](CC/C(C)=C/c3ccc(CO)o3)OC[C@@H]2[C@@H]2C(=O)N(c3cccc(B(O)O)c3)C(=O)[C@@H]2C1. The van der Waals surface area contributed by atoms with Gasteiger partial charge in [-0.1, -0.05) is 36.6 Å². The van der Waals surface area contributed by atoms with Gasteiger partial charge in [0, 0.05) is 5.92 Å². The minimum atomic E-state index is -1.68. The number of nitrogens with zero attached hydrogens (tertiary/aromatic N) is 1. The van der Waals surface area contributed by atoms with Crippen LogP contribution < -0.4 is 10.4 Å². The molecule has 1 aromatic carbocycles. The summed E-state index contributed by atoms with van der Waals surface area (Å²) < 4.78 is 11.9. The Labute approximate surface area is 222 Å². The number of furan rings is 1. The molecular weight excluding hydrogens is 485 g/mol. The number of aliphatic hydroxyl groups is 1. The molecule has 5 rings (SSSR count). The molecule has 200 valence electrons. The number of amides is 2. The maximum absolute atomic E-state index is 13.7. The number of carbonyl (C=O) groups excluding carboxylic acids is 2. The maximum Gasteiger partial charge on any atom is 0.488 e. The highest BCUT2D eigenvalue weighted by Gasteiger charge is 2.57. The summed E-state index contributed by atoms with van der Waals surface area (Å²) in [6.45, 7) is 4.45. The fourth-order valence-corrected chi connectivity index (χ4v) is 6.32. The molecule has 1 aliphatic carbocycles. The molecule has 1 aromatic heterocycles. The standard InChI is InChI=1S/C29H34BNO7/c1-3-5-18-13-23-27(29(34)31(28(23)33)20-7-4-6-19(14-20)30(35)36)24-16-37-25(26(18)24)11-8-17(2)12-21-9-10-22(15-32)38-21/h4,6-7,9-10,12,14,23-25,27,32,35-36H,3,5,8,11,13,15-16H2,1-2H3/b17-12+/t23-,24+,25-,27-/m1/s1. The zero-order valence-electron chi connectivity index (χ0n) is 21.8. The first kappa shape index (κ1) is 26.6. The molecule has 4 atom stereocenters. The molecule has 2 aliphatic heterocycles. The van der Waals surface area contributed by atoms with Crippen molar-refractivity contribution in [3.05, 3.63) is 64.6 Å². The molecule has 3 aliphatic rings. The first-order valence-electron chi connectivity index (χ1n) is 13.4. The molecule has 3 heterocycles. The molecule has 2 saturated heterocycles. The Hall–Kier alpha value is -2.98. The molecule has 0 spiro atoms. The number of aliphatic hydroxyl groups excluding tert-OH is 1. The summed E-state index contributed by atoms with van der Waals surface area (Å²) in [7, 11) is -1.68. The van der Waals surface area contributed by atoms with Gasteiger partial charge in [0.15, 0.2) is 0 Å². The number of hydrogen-bond acceptors (Lipinski definition) is 7. The van der Waals surface area contributed by atoms with Gasteiger partial charge in [0.05, 0.1) is 30.2 Å². The summed E-state index contributed by atoms with van der Waals surface area (Å²) in [6.07, 6.45) is 5.81. The van der Waals surface area contributed by atoms with Gasteiger partial charge in [0.25, 0.3) is 0 Å². The molecule has 2 aromatic rings. The second-order valence-electron chi connectivity index (χ2n) is 10.5. The molecule has 0 radical (unpaired) electrons. The van der Waals surface area contributed by atoms with E-state index in [-0.39, 0.29) is 35.9 Å². The third-order valence-electron chi connectivity index (χ3n) is 8.01. The van der Waals surface area contributed by atoms with Crippen molar-refractivity contribution in [2.24, 2.45) is 17.8 Å². The van der Waals surface area contributed by atoms with E-state index >= 15 is 0 Å². The Bertz CT molecular complexity index is 1280. The molecule has 0 unspecified atom stereocenters. The highest BCUT2D eigenvalue weighted by Crippen LogP contribution is 2.51. The van der Waals surface area contributed by atoms with E-state index in [9.17, 15) is 24.7 Å². The zero-order chi connectivity index (χ0) is 27.0. The van der Waals surface area contributed by atoms with Crippen molar-refractivity contribution in [1.29, 1.82) is 0 Å². The second-order valence-corrected chi connectivity index (χ2v) is 10.5. The van der Waals surface area contributed by atoms with Crippen LogP contribution in [0.1, 0.15) is 57.5 Å². The third kappa shape index (κ3) is 4.91. The van der Waals surface area contributed by atoms with Crippen LogP contribution in [0.5, 0.6) is 0 Å². The number of hydrogen-bond donors (Lipinski definition) is 3. The van der Waals surface area contributed by atoms with Gasteiger partial charge in [0.1, 0.15) is 18.1 Å². The number of imide groups is 1. The van der Waals surface area contributed by atoms with Crippen LogP contribution in [0.25, 0.3) is 6.08 Å². The van der Waals surface area contributed by atoms with Crippen molar-refractivity contribution in [3.63, 3.8) is 0 Å². The molecule has 0 saturated carbocycles. The number of rotatable bonds is 9. The van der Waals surface area contributed by atoms with Crippen LogP contribution in [0.15, 0.2) is 57.5 Å². The lowest BCUT2D eigenvalue weighted by atomic mass is 9.68. The number of fused-ring (bicyclic) bond motifs is 3. The van der Waals surface area contributed by atoms with Gasteiger partial charge >= 0.3 is 7.12 Å². The van der Waals surface area contributed by atoms with Crippen molar-refractivity contribution in [2.75, 3.05) is 11.5 Å². The highest BCUT2D eigenvalue weighted by atomic mass is 16.5. The van der Waals surface area contributed by atoms with Crippen molar-refractivity contribution < 1.29 is 33.9 Å². The van der Waals surface area contributed by atoms with Crippen LogP contribution in [0.3, 0.4) is 0 Å². The van der Waals surface area contributed by atoms with E-state index in [1.807, 2.05) is 19.1 Å². The molecule has 2 amide bonds. The van der Waals surface area contributed by atoms with Gasteiger partial charge in [-0.2, -0.15) is 0 Å². The van der Waals surface area contributed by atoms with Gasteiger partial charge in [-0.3, -0.25) is 14.5 Å². The minimum absolute atomic E-state index is 0.0970. The summed E-state index contributed by atoms with van der Waals surface area (Å²) in [5, 5.41) is 28.4. The van der Waals surface area contributed by atoms with Crippen LogP contribution in [0, 0.1) is 17.8 Å². The predicted octanol–water partition coefficient (Wildman–Crippen LogP) is 2.96. The quantitative estimate of drug-likeness (QED) is 0.265. The van der Waals surface area contributed by atoms with Crippen molar-refractivity contribution in [2.45, 2.75) is 58.7 Å². The third-order valence-corrected chi connectivity index (χ3v) is 8.01. The average molecular weight is 519 g/mol. The molecule has 3 N–H and O–H groups in total. The molecule has 8 nitrogen and oxygen atoms in total. The summed E-state index contributed by atoms with van der Waals surface area (Å²) in [6, 6.07) is 9.92. The lowest BCUT2D eigenvalue weighted by Crippen LogP contribution is -2.35. The Kier molecular flexibility index (Phi) is 7.72. The van der Waals surface area contributed by atoms with Gasteiger partial charge in [-0.15, -0.1) is 0 Å². The second kappa shape index (κ2) is 11.0. The van der Waals surface area contributed by atoms with E-state index in [1.165, 1.54) is 22.1 Å². The van der Waals surface area contributed by atoms with Crippen LogP contribution in [-0.2, 0) is 20.9 Å². The predicted molar refractivity (Wildman–Crippen MR) is 143 cm³/mol. The van der Waals surface area contributed by atoms with Crippen LogP contribution in [0.2, 0.25) is 0 Å². The smallest absolute Gasteiger partial charge is 0.459 e. The van der Waals surface area contributed by atoms with Crippen molar-refractivity contribution in [1.82, 2.24) is 0 Å². The van der Waals surface area contributed by atoms with E-state index in [2.05, 4.69) is 6.92 Å². The lowest BCUT2D eigenvalue weighted by Gasteiger charge is -2.31. The normalized spacial score (nSPS) is 25.3. The monoisotopic (exact) mass is 519 g/mol. The van der Waals surface area contributed by atoms with Crippen LogP contribution in [0.4, 0.5) is 5.69 Å². The molecular formula is C29H34BNO7. The molecule has 0 bridgehead atoms. The van der Waals surface area contributed by atoms with Gasteiger partial charge in [0.2, 0.25) is 11.8 Å². The Morgan fingerprint density at radius 1 is 1.16 bits per heavy atom. The summed E-state index contributed by atoms with van der Waals surface area (Å²) in [5.41, 5.74) is 4.18. The first-order chi connectivity index (χ1) is 18.3. The number of ether oxygens (including phenoxy) is 1. The molecule has 2 fully saturated rings. The summed E-state index contributed by atoms with van der Waals surface area (Å²) >= 11 is 0. The summed E-state index contributed by atoms with van der Waals surface area (Å²) in [5.74, 6) is -0.251. The highest BCUT2D eigenvalue weighted by molar-refractivity contribution is 6.58. The Morgan fingerprint density at radius 2 is 1.97 bits per heavy atom. The number of allylic oxidation sites excluding steroid dienone is 2. The van der Waals surface area contributed by atoms with E-state index in [0.717, 1.165) is 31.3 Å². The molecule has 38 heavy (non-hydrogen) atoms. The van der Waals surface area contributed by atoms with Gasteiger partial charge in [-0.25, -0.2) is 0 Å². The van der Waals surface area contributed by atoms with Crippen molar-refractivity contribution in [3.8, 4) is 0 Å². The first-order valence-corrected chi connectivity index (χ1v) is 13.4. The van der Waals surface area contributed by atoms with Crippen LogP contribution in [-0.4, -0.2) is 46.8 Å². The molecule has 9 heteroatoms. The minimum Gasteiger partial charge on any atom is -0.459 e. The zero-order valence-corrected chi connectivity index (χ0v) is 21.8. The largest absolute Gasteiger partial charge is 0.488 e. The number of anilines is 1.